The Morgan fingerprint density at radius 2 is 2.15 bits per heavy atom. The molecule has 4 heteroatoms. The van der Waals surface area contributed by atoms with Gasteiger partial charge < -0.3 is 9.94 Å². The third-order valence-corrected chi connectivity index (χ3v) is 1.31. The summed E-state index contributed by atoms with van der Waals surface area (Å²) in [7, 11) is 0. The minimum atomic E-state index is -1.12. The van der Waals surface area contributed by atoms with Crippen LogP contribution in [-0.4, -0.2) is 17.3 Å². The summed E-state index contributed by atoms with van der Waals surface area (Å²) >= 11 is 0. The van der Waals surface area contributed by atoms with Crippen molar-refractivity contribution in [1.29, 1.82) is 0 Å². The van der Waals surface area contributed by atoms with E-state index in [9.17, 15) is 4.79 Å². The molecule has 1 rings (SSSR count). The average Bonchev–Trinajstić information content (AvgIpc) is 2.14. The second-order valence-corrected chi connectivity index (χ2v) is 2.33. The van der Waals surface area contributed by atoms with Gasteiger partial charge in [-0.15, -0.1) is 0 Å². The molecule has 1 aromatic rings. The van der Waals surface area contributed by atoms with E-state index in [0.717, 1.165) is 5.56 Å². The number of carboxylic acid groups (broad SMARTS) is 1. The normalized spacial score (nSPS) is 10.2. The molecule has 68 valence electrons. The summed E-state index contributed by atoms with van der Waals surface area (Å²) in [6.45, 7) is 0.282. The van der Waals surface area contributed by atoms with Gasteiger partial charge in [-0.3, -0.25) is 0 Å². The van der Waals surface area contributed by atoms with Gasteiger partial charge in [0, 0.05) is 0 Å². The number of rotatable bonds is 4. The molecule has 0 atom stereocenters. The summed E-state index contributed by atoms with van der Waals surface area (Å²) in [5.74, 6) is -1.12. The summed E-state index contributed by atoms with van der Waals surface area (Å²) in [6, 6.07) is 9.38. The molecular weight excluding hydrogens is 170 g/mol. The molecule has 1 aromatic carbocycles. The van der Waals surface area contributed by atoms with Crippen molar-refractivity contribution in [3.8, 4) is 0 Å². The maximum Gasteiger partial charge on any atom is 0.350 e. The molecule has 0 spiro atoms. The van der Waals surface area contributed by atoms with E-state index in [0.29, 0.717) is 6.21 Å². The highest BCUT2D eigenvalue weighted by atomic mass is 16.6. The van der Waals surface area contributed by atoms with Gasteiger partial charge in [-0.1, -0.05) is 35.5 Å². The monoisotopic (exact) mass is 179 g/mol. The third-order valence-electron chi connectivity index (χ3n) is 1.31. The molecular formula is C9H9NO3. The summed E-state index contributed by atoms with van der Waals surface area (Å²) in [5.41, 5.74) is 0.949. The molecule has 0 aliphatic carbocycles. The number of aliphatic carboxylic acids is 1. The van der Waals surface area contributed by atoms with Gasteiger partial charge >= 0.3 is 5.97 Å². The zero-order valence-corrected chi connectivity index (χ0v) is 6.88. The van der Waals surface area contributed by atoms with Crippen molar-refractivity contribution in [3.63, 3.8) is 0 Å². The first-order chi connectivity index (χ1) is 6.29. The van der Waals surface area contributed by atoms with E-state index >= 15 is 0 Å². The molecule has 0 amide bonds. The van der Waals surface area contributed by atoms with Crippen LogP contribution in [0.4, 0.5) is 0 Å². The minimum absolute atomic E-state index is 0.282. The Hall–Kier alpha value is -1.84. The standard InChI is InChI=1S/C9H9NO3/c11-9(12)6-10-13-7-8-4-2-1-3-5-8/h1-6H,7H2,(H,11,12)/b10-6+. The van der Waals surface area contributed by atoms with Crippen LogP contribution in [-0.2, 0) is 16.2 Å². The SMILES string of the molecule is O=C(O)/C=N/OCc1ccccc1. The second-order valence-electron chi connectivity index (χ2n) is 2.33. The van der Waals surface area contributed by atoms with E-state index in [1.54, 1.807) is 0 Å². The molecule has 0 aliphatic heterocycles. The number of oxime groups is 1. The predicted molar refractivity (Wildman–Crippen MR) is 47.4 cm³/mol. The molecule has 0 heterocycles. The molecule has 13 heavy (non-hydrogen) atoms. The molecule has 0 fully saturated rings. The summed E-state index contributed by atoms with van der Waals surface area (Å²) in [4.78, 5) is 14.7. The number of benzene rings is 1. The molecule has 0 radical (unpaired) electrons. The molecule has 0 saturated carbocycles. The van der Waals surface area contributed by atoms with Crippen LogP contribution in [0.1, 0.15) is 5.56 Å². The van der Waals surface area contributed by atoms with Gasteiger partial charge in [0.15, 0.2) is 6.21 Å². The Morgan fingerprint density at radius 3 is 2.77 bits per heavy atom. The Balaban J connectivity index is 2.32. The van der Waals surface area contributed by atoms with Gasteiger partial charge in [-0.05, 0) is 5.56 Å². The lowest BCUT2D eigenvalue weighted by Crippen LogP contribution is -1.96. The van der Waals surface area contributed by atoms with Crippen molar-refractivity contribution < 1.29 is 14.7 Å². The highest BCUT2D eigenvalue weighted by Crippen LogP contribution is 1.99. The highest BCUT2D eigenvalue weighted by Gasteiger charge is 1.90. The lowest BCUT2D eigenvalue weighted by Gasteiger charge is -1.97. The molecule has 1 N–H and O–H groups in total. The number of carboxylic acids is 1. The van der Waals surface area contributed by atoms with Gasteiger partial charge in [0.25, 0.3) is 0 Å². The average molecular weight is 179 g/mol. The Morgan fingerprint density at radius 1 is 1.46 bits per heavy atom. The van der Waals surface area contributed by atoms with Gasteiger partial charge in [0.05, 0.1) is 0 Å². The number of nitrogens with zero attached hydrogens (tertiary/aromatic N) is 1. The second kappa shape index (κ2) is 4.92. The van der Waals surface area contributed by atoms with Crippen molar-refractivity contribution >= 4 is 12.2 Å². The lowest BCUT2D eigenvalue weighted by atomic mass is 10.2. The fourth-order valence-corrected chi connectivity index (χ4v) is 0.768. The van der Waals surface area contributed by atoms with Crippen LogP contribution in [0.3, 0.4) is 0 Å². The van der Waals surface area contributed by atoms with Crippen LogP contribution in [0.2, 0.25) is 0 Å². The summed E-state index contributed by atoms with van der Waals surface area (Å²) in [5, 5.41) is 11.4. The van der Waals surface area contributed by atoms with Gasteiger partial charge in [-0.2, -0.15) is 0 Å². The van der Waals surface area contributed by atoms with Crippen molar-refractivity contribution in [1.82, 2.24) is 0 Å². The van der Waals surface area contributed by atoms with E-state index in [1.165, 1.54) is 0 Å². The fraction of sp³-hybridized carbons (Fsp3) is 0.111. The largest absolute Gasteiger partial charge is 0.477 e. The van der Waals surface area contributed by atoms with Crippen LogP contribution in [0.25, 0.3) is 0 Å². The molecule has 0 saturated heterocycles. The van der Waals surface area contributed by atoms with Crippen LogP contribution in [0.15, 0.2) is 35.5 Å². The van der Waals surface area contributed by atoms with Crippen LogP contribution in [0.5, 0.6) is 0 Å². The van der Waals surface area contributed by atoms with E-state index in [-0.39, 0.29) is 6.61 Å². The topological polar surface area (TPSA) is 58.9 Å². The van der Waals surface area contributed by atoms with Gasteiger partial charge in [0.2, 0.25) is 0 Å². The smallest absolute Gasteiger partial charge is 0.350 e. The zero-order valence-electron chi connectivity index (χ0n) is 6.88. The number of hydrogen-bond donors (Lipinski definition) is 1. The Bertz CT molecular complexity index is 295. The molecule has 0 unspecified atom stereocenters. The summed E-state index contributed by atoms with van der Waals surface area (Å²) in [6.07, 6.45) is 0.711. The predicted octanol–water partition coefficient (Wildman–Crippen LogP) is 1.27. The first-order valence-electron chi connectivity index (χ1n) is 3.71. The molecule has 0 aromatic heterocycles. The van der Waals surface area contributed by atoms with Crippen LogP contribution >= 0.6 is 0 Å². The quantitative estimate of drug-likeness (QED) is 0.559. The maximum atomic E-state index is 9.98. The third kappa shape index (κ3) is 3.91. The van der Waals surface area contributed by atoms with E-state index < -0.39 is 5.97 Å². The van der Waals surface area contributed by atoms with E-state index in [1.807, 2.05) is 30.3 Å². The van der Waals surface area contributed by atoms with Crippen molar-refractivity contribution in [2.24, 2.45) is 5.16 Å². The molecule has 0 aliphatic rings. The first kappa shape index (κ1) is 9.25. The molecule has 0 bridgehead atoms. The highest BCUT2D eigenvalue weighted by molar-refractivity contribution is 6.21. The van der Waals surface area contributed by atoms with E-state index in [4.69, 9.17) is 9.94 Å². The van der Waals surface area contributed by atoms with Gasteiger partial charge in [-0.25, -0.2) is 4.79 Å². The Kier molecular flexibility index (Phi) is 3.50. The minimum Gasteiger partial charge on any atom is -0.477 e. The number of carbonyl (C=O) groups is 1. The van der Waals surface area contributed by atoms with Gasteiger partial charge in [0.1, 0.15) is 6.61 Å². The maximum absolute atomic E-state index is 9.98. The van der Waals surface area contributed by atoms with Crippen molar-refractivity contribution in [2.45, 2.75) is 6.61 Å². The lowest BCUT2D eigenvalue weighted by molar-refractivity contribution is -0.129. The molecule has 4 nitrogen and oxygen atoms in total. The number of hydrogen-bond acceptors (Lipinski definition) is 3. The first-order valence-corrected chi connectivity index (χ1v) is 3.71. The van der Waals surface area contributed by atoms with E-state index in [2.05, 4.69) is 5.16 Å². The Labute approximate surface area is 75.4 Å². The van der Waals surface area contributed by atoms with Crippen molar-refractivity contribution in [3.05, 3.63) is 35.9 Å². The fourth-order valence-electron chi connectivity index (χ4n) is 0.768. The van der Waals surface area contributed by atoms with Crippen LogP contribution < -0.4 is 0 Å². The zero-order chi connectivity index (χ0) is 9.52. The van der Waals surface area contributed by atoms with Crippen molar-refractivity contribution in [2.75, 3.05) is 0 Å². The van der Waals surface area contributed by atoms with Crippen LogP contribution in [0, 0.1) is 0 Å². The summed E-state index contributed by atoms with van der Waals surface area (Å²) < 4.78 is 0.